The Balaban J connectivity index is 1.75. The summed E-state index contributed by atoms with van der Waals surface area (Å²) in [7, 11) is 1.73. The van der Waals surface area contributed by atoms with Crippen molar-refractivity contribution in [2.24, 2.45) is 5.41 Å². The number of carbonyl (C=O) groups excluding carboxylic acids is 2. The maximum absolute atomic E-state index is 12.5. The molecule has 0 aromatic heterocycles. The normalized spacial score (nSPS) is 15.7. The van der Waals surface area contributed by atoms with Gasteiger partial charge in [0.05, 0.1) is 17.5 Å². The van der Waals surface area contributed by atoms with Gasteiger partial charge in [0.15, 0.2) is 0 Å². The quantitative estimate of drug-likeness (QED) is 0.888. The standard InChI is InChI=1S/C20H21ClN2O3/c1-20(2)12-26-17-11-15(8-9-16(17)23(3)19(20)25)22-18(24)10-13-4-6-14(21)7-5-13/h4-9,11H,10,12H2,1-3H3,(H,22,24). The fourth-order valence-electron chi connectivity index (χ4n) is 2.86. The van der Waals surface area contributed by atoms with Gasteiger partial charge in [-0.3, -0.25) is 9.59 Å². The number of anilines is 2. The van der Waals surface area contributed by atoms with E-state index in [0.29, 0.717) is 22.1 Å². The van der Waals surface area contributed by atoms with E-state index in [2.05, 4.69) is 5.32 Å². The molecule has 0 spiro atoms. The molecular weight excluding hydrogens is 352 g/mol. The second-order valence-electron chi connectivity index (χ2n) is 7.07. The molecule has 0 atom stereocenters. The van der Waals surface area contributed by atoms with Crippen LogP contribution in [0.1, 0.15) is 19.4 Å². The van der Waals surface area contributed by atoms with Crippen molar-refractivity contribution >= 4 is 34.8 Å². The van der Waals surface area contributed by atoms with E-state index in [-0.39, 0.29) is 24.8 Å². The first-order valence-corrected chi connectivity index (χ1v) is 8.73. The highest BCUT2D eigenvalue weighted by Gasteiger charge is 2.36. The van der Waals surface area contributed by atoms with Crippen molar-refractivity contribution in [2.75, 3.05) is 23.9 Å². The summed E-state index contributed by atoms with van der Waals surface area (Å²) in [4.78, 5) is 26.4. The topological polar surface area (TPSA) is 58.6 Å². The van der Waals surface area contributed by atoms with E-state index in [9.17, 15) is 9.59 Å². The zero-order chi connectivity index (χ0) is 18.9. The number of benzene rings is 2. The summed E-state index contributed by atoms with van der Waals surface area (Å²) in [5, 5.41) is 3.50. The van der Waals surface area contributed by atoms with E-state index in [1.54, 1.807) is 42.3 Å². The third kappa shape index (κ3) is 3.83. The van der Waals surface area contributed by atoms with Crippen LogP contribution in [0.25, 0.3) is 0 Å². The number of rotatable bonds is 3. The lowest BCUT2D eigenvalue weighted by atomic mass is 9.93. The summed E-state index contributed by atoms with van der Waals surface area (Å²) >= 11 is 5.86. The molecule has 0 radical (unpaired) electrons. The fraction of sp³-hybridized carbons (Fsp3) is 0.300. The summed E-state index contributed by atoms with van der Waals surface area (Å²) in [6.07, 6.45) is 0.251. The average Bonchev–Trinajstić information content (AvgIpc) is 2.68. The number of carbonyl (C=O) groups is 2. The summed E-state index contributed by atoms with van der Waals surface area (Å²) in [5.74, 6) is 0.442. The highest BCUT2D eigenvalue weighted by Crippen LogP contribution is 2.37. The Morgan fingerprint density at radius 2 is 1.92 bits per heavy atom. The number of amides is 2. The Morgan fingerprint density at radius 3 is 2.62 bits per heavy atom. The Kier molecular flexibility index (Phi) is 4.92. The number of nitrogens with zero attached hydrogens (tertiary/aromatic N) is 1. The minimum absolute atomic E-state index is 0.00391. The van der Waals surface area contributed by atoms with E-state index in [1.807, 2.05) is 26.0 Å². The van der Waals surface area contributed by atoms with Crippen LogP contribution in [0.4, 0.5) is 11.4 Å². The molecule has 1 aliphatic rings. The van der Waals surface area contributed by atoms with E-state index in [4.69, 9.17) is 16.3 Å². The molecule has 6 heteroatoms. The summed E-state index contributed by atoms with van der Waals surface area (Å²) in [6.45, 7) is 3.99. The molecule has 1 heterocycles. The van der Waals surface area contributed by atoms with Crippen LogP contribution in [0.5, 0.6) is 5.75 Å². The zero-order valence-electron chi connectivity index (χ0n) is 15.0. The molecule has 0 bridgehead atoms. The van der Waals surface area contributed by atoms with Crippen LogP contribution in [0.2, 0.25) is 5.02 Å². The molecule has 1 aliphatic heterocycles. The van der Waals surface area contributed by atoms with E-state index in [1.165, 1.54) is 0 Å². The molecule has 0 unspecified atom stereocenters. The highest BCUT2D eigenvalue weighted by atomic mass is 35.5. The number of fused-ring (bicyclic) bond motifs is 1. The van der Waals surface area contributed by atoms with Gasteiger partial charge in [0.25, 0.3) is 0 Å². The molecule has 1 N–H and O–H groups in total. The lowest BCUT2D eigenvalue weighted by Gasteiger charge is -2.24. The van der Waals surface area contributed by atoms with Gasteiger partial charge in [0, 0.05) is 23.8 Å². The lowest BCUT2D eigenvalue weighted by Crippen LogP contribution is -2.39. The molecule has 3 rings (SSSR count). The highest BCUT2D eigenvalue weighted by molar-refractivity contribution is 6.30. The monoisotopic (exact) mass is 372 g/mol. The van der Waals surface area contributed by atoms with Crippen LogP contribution in [0.3, 0.4) is 0 Å². The van der Waals surface area contributed by atoms with Gasteiger partial charge >= 0.3 is 0 Å². The number of nitrogens with one attached hydrogen (secondary N) is 1. The molecular formula is C20H21ClN2O3. The van der Waals surface area contributed by atoms with Gasteiger partial charge in [-0.1, -0.05) is 23.7 Å². The van der Waals surface area contributed by atoms with Gasteiger partial charge in [0.1, 0.15) is 12.4 Å². The molecule has 2 amide bonds. The van der Waals surface area contributed by atoms with Crippen LogP contribution < -0.4 is 15.0 Å². The van der Waals surface area contributed by atoms with Crippen LogP contribution >= 0.6 is 11.6 Å². The predicted octanol–water partition coefficient (Wildman–Crippen LogP) is 3.90. The van der Waals surface area contributed by atoms with Crippen molar-refractivity contribution in [1.29, 1.82) is 0 Å². The van der Waals surface area contributed by atoms with Gasteiger partial charge in [-0.05, 0) is 43.7 Å². The fourth-order valence-corrected chi connectivity index (χ4v) is 2.99. The minimum atomic E-state index is -0.605. The molecule has 5 nitrogen and oxygen atoms in total. The minimum Gasteiger partial charge on any atom is -0.490 e. The van der Waals surface area contributed by atoms with E-state index in [0.717, 1.165) is 5.56 Å². The molecule has 0 saturated carbocycles. The molecule has 26 heavy (non-hydrogen) atoms. The molecule has 2 aromatic carbocycles. The average molecular weight is 373 g/mol. The number of hydrogen-bond acceptors (Lipinski definition) is 3. The molecule has 0 aliphatic carbocycles. The third-order valence-corrected chi connectivity index (χ3v) is 4.61. The number of hydrogen-bond donors (Lipinski definition) is 1. The first-order chi connectivity index (χ1) is 12.3. The van der Waals surface area contributed by atoms with Crippen molar-refractivity contribution in [2.45, 2.75) is 20.3 Å². The van der Waals surface area contributed by atoms with Crippen LogP contribution in [0, 0.1) is 5.41 Å². The number of halogens is 1. The Labute approximate surface area is 157 Å². The second kappa shape index (κ2) is 7.00. The Hall–Kier alpha value is -2.53. The van der Waals surface area contributed by atoms with Crippen LogP contribution in [0.15, 0.2) is 42.5 Å². The van der Waals surface area contributed by atoms with Crippen LogP contribution in [-0.4, -0.2) is 25.5 Å². The SMILES string of the molecule is CN1C(=O)C(C)(C)COc2cc(NC(=O)Cc3ccc(Cl)cc3)ccc21. The van der Waals surface area contributed by atoms with Crippen LogP contribution in [-0.2, 0) is 16.0 Å². The number of ether oxygens (including phenoxy) is 1. The lowest BCUT2D eigenvalue weighted by molar-refractivity contribution is -0.127. The van der Waals surface area contributed by atoms with Gasteiger partial charge < -0.3 is 15.0 Å². The zero-order valence-corrected chi connectivity index (χ0v) is 15.8. The molecule has 0 saturated heterocycles. The predicted molar refractivity (Wildman–Crippen MR) is 103 cm³/mol. The largest absolute Gasteiger partial charge is 0.490 e. The van der Waals surface area contributed by atoms with Crippen molar-refractivity contribution < 1.29 is 14.3 Å². The maximum Gasteiger partial charge on any atom is 0.235 e. The van der Waals surface area contributed by atoms with Gasteiger partial charge in [-0.25, -0.2) is 0 Å². The van der Waals surface area contributed by atoms with Crippen molar-refractivity contribution in [1.82, 2.24) is 0 Å². The van der Waals surface area contributed by atoms with Crippen molar-refractivity contribution in [3.8, 4) is 5.75 Å². The molecule has 2 aromatic rings. The van der Waals surface area contributed by atoms with Gasteiger partial charge in [-0.2, -0.15) is 0 Å². The molecule has 0 fully saturated rings. The maximum atomic E-state index is 12.5. The second-order valence-corrected chi connectivity index (χ2v) is 7.51. The van der Waals surface area contributed by atoms with Crippen molar-refractivity contribution in [3.63, 3.8) is 0 Å². The summed E-state index contributed by atoms with van der Waals surface area (Å²) in [6, 6.07) is 12.5. The summed E-state index contributed by atoms with van der Waals surface area (Å²) in [5.41, 5.74) is 1.59. The first kappa shape index (κ1) is 18.3. The Bertz CT molecular complexity index is 847. The van der Waals surface area contributed by atoms with Gasteiger partial charge in [-0.15, -0.1) is 0 Å². The summed E-state index contributed by atoms with van der Waals surface area (Å²) < 4.78 is 5.83. The Morgan fingerprint density at radius 1 is 1.23 bits per heavy atom. The molecule has 136 valence electrons. The van der Waals surface area contributed by atoms with Gasteiger partial charge in [0.2, 0.25) is 11.8 Å². The smallest absolute Gasteiger partial charge is 0.235 e. The first-order valence-electron chi connectivity index (χ1n) is 8.35. The third-order valence-electron chi connectivity index (χ3n) is 4.35. The van der Waals surface area contributed by atoms with Crippen molar-refractivity contribution in [3.05, 3.63) is 53.1 Å². The van der Waals surface area contributed by atoms with E-state index < -0.39 is 5.41 Å². The van der Waals surface area contributed by atoms with E-state index >= 15 is 0 Å².